The van der Waals surface area contributed by atoms with Crippen molar-refractivity contribution in [2.45, 2.75) is 38.0 Å². The predicted octanol–water partition coefficient (Wildman–Crippen LogP) is 0.231. The second-order valence-electron chi connectivity index (χ2n) is 7.54. The minimum atomic E-state index is -0.322. The van der Waals surface area contributed by atoms with Crippen LogP contribution < -0.4 is 5.73 Å². The number of aromatic nitrogens is 1. The average molecular weight is 362 g/mol. The van der Waals surface area contributed by atoms with Crippen LogP contribution in [0.1, 0.15) is 24.8 Å². The van der Waals surface area contributed by atoms with Gasteiger partial charge in [0, 0.05) is 50.4 Å². The fourth-order valence-electron chi connectivity index (χ4n) is 4.18. The molecule has 0 unspecified atom stereocenters. The van der Waals surface area contributed by atoms with Crippen molar-refractivity contribution in [3.05, 3.63) is 30.1 Å². The minimum absolute atomic E-state index is 0.0765. The third-order valence-corrected chi connectivity index (χ3v) is 5.83. The van der Waals surface area contributed by atoms with Crippen LogP contribution in [0.15, 0.2) is 24.5 Å². The van der Waals surface area contributed by atoms with Gasteiger partial charge in [-0.15, -0.1) is 0 Å². The molecule has 144 valence electrons. The van der Waals surface area contributed by atoms with Gasteiger partial charge in [0.2, 0.25) is 5.91 Å². The van der Waals surface area contributed by atoms with Crippen molar-refractivity contribution in [1.82, 2.24) is 14.8 Å². The highest BCUT2D eigenvalue weighted by atomic mass is 16.5. The molecule has 7 nitrogen and oxygen atoms in total. The second kappa shape index (κ2) is 8.43. The number of nitrogens with zero attached hydrogens (tertiary/aromatic N) is 3. The third kappa shape index (κ3) is 4.06. The summed E-state index contributed by atoms with van der Waals surface area (Å²) < 4.78 is 5.82. The number of aliphatic hydroxyl groups is 1. The Morgan fingerprint density at radius 3 is 2.73 bits per heavy atom. The molecule has 0 radical (unpaired) electrons. The summed E-state index contributed by atoms with van der Waals surface area (Å²) in [6.07, 6.45) is 5.56. The van der Waals surface area contributed by atoms with Gasteiger partial charge >= 0.3 is 0 Å². The number of aliphatic hydroxyl groups excluding tert-OH is 1. The molecule has 1 saturated heterocycles. The Bertz CT molecular complexity index is 590. The van der Waals surface area contributed by atoms with Crippen molar-refractivity contribution in [1.29, 1.82) is 0 Å². The largest absolute Gasteiger partial charge is 0.392 e. The molecule has 26 heavy (non-hydrogen) atoms. The molecule has 3 rings (SSSR count). The van der Waals surface area contributed by atoms with Crippen molar-refractivity contribution in [3.63, 3.8) is 0 Å². The van der Waals surface area contributed by atoms with E-state index in [-0.39, 0.29) is 23.5 Å². The van der Waals surface area contributed by atoms with Crippen LogP contribution in [0, 0.1) is 5.41 Å². The summed E-state index contributed by atoms with van der Waals surface area (Å²) >= 11 is 0. The van der Waals surface area contributed by atoms with Crippen molar-refractivity contribution < 1.29 is 14.6 Å². The normalized spacial score (nSPS) is 24.7. The molecule has 2 fully saturated rings. The fraction of sp³-hybridized carbons (Fsp3) is 0.684. The number of carbonyl (C=O) groups is 1. The van der Waals surface area contributed by atoms with E-state index in [9.17, 15) is 9.90 Å². The molecule has 1 aliphatic heterocycles. The number of nitrogens with two attached hydrogens (primary N) is 1. The van der Waals surface area contributed by atoms with Crippen molar-refractivity contribution in [2.75, 3.05) is 39.8 Å². The standard InChI is InChI=1S/C19H30N4O3/c1-22(13-15-2-7-21-8-3-15)14-18(25)23-9-4-19(5-10-23)16(24)12-17(19)26-11-6-20/h2-3,7-8,16-17,24H,4-6,9-14,20H2,1H3/t16-,17+/m0/s1. The van der Waals surface area contributed by atoms with Crippen molar-refractivity contribution in [2.24, 2.45) is 11.1 Å². The summed E-state index contributed by atoms with van der Waals surface area (Å²) in [4.78, 5) is 20.6. The lowest BCUT2D eigenvalue weighted by atomic mass is 9.58. The zero-order valence-electron chi connectivity index (χ0n) is 15.5. The molecule has 2 atom stereocenters. The molecule has 0 bridgehead atoms. The van der Waals surface area contributed by atoms with Gasteiger partial charge in [0.25, 0.3) is 0 Å². The van der Waals surface area contributed by atoms with Crippen LogP contribution in [-0.4, -0.2) is 77.8 Å². The van der Waals surface area contributed by atoms with Gasteiger partial charge in [-0.25, -0.2) is 0 Å². The molecule has 1 aliphatic carbocycles. The SMILES string of the molecule is CN(CC(=O)N1CCC2(CC1)[C@@H](O)C[C@H]2OCCN)Cc1ccncc1. The van der Waals surface area contributed by atoms with Gasteiger partial charge in [0.05, 0.1) is 25.4 Å². The lowest BCUT2D eigenvalue weighted by molar-refractivity contribution is -0.210. The molecule has 1 amide bonds. The number of hydrogen-bond acceptors (Lipinski definition) is 6. The Labute approximate surface area is 155 Å². The van der Waals surface area contributed by atoms with Gasteiger partial charge in [0.15, 0.2) is 0 Å². The smallest absolute Gasteiger partial charge is 0.236 e. The van der Waals surface area contributed by atoms with Gasteiger partial charge in [0.1, 0.15) is 0 Å². The van der Waals surface area contributed by atoms with Crippen LogP contribution >= 0.6 is 0 Å². The Kier molecular flexibility index (Phi) is 6.24. The highest BCUT2D eigenvalue weighted by Gasteiger charge is 2.56. The van der Waals surface area contributed by atoms with E-state index < -0.39 is 0 Å². The number of pyridine rings is 1. The second-order valence-corrected chi connectivity index (χ2v) is 7.54. The van der Waals surface area contributed by atoms with Gasteiger partial charge in [-0.05, 0) is 37.6 Å². The Morgan fingerprint density at radius 1 is 1.42 bits per heavy atom. The molecule has 7 heteroatoms. The topological polar surface area (TPSA) is 91.9 Å². The van der Waals surface area contributed by atoms with E-state index in [4.69, 9.17) is 10.5 Å². The number of likely N-dealkylation sites (N-methyl/N-ethyl adjacent to an activating group) is 1. The van der Waals surface area contributed by atoms with Gasteiger partial charge in [-0.1, -0.05) is 0 Å². The van der Waals surface area contributed by atoms with Crippen LogP contribution in [0.25, 0.3) is 0 Å². The van der Waals surface area contributed by atoms with E-state index in [1.807, 2.05) is 29.0 Å². The zero-order valence-corrected chi connectivity index (χ0v) is 15.5. The lowest BCUT2D eigenvalue weighted by Gasteiger charge is -2.56. The van der Waals surface area contributed by atoms with E-state index in [1.54, 1.807) is 12.4 Å². The van der Waals surface area contributed by atoms with Crippen molar-refractivity contribution in [3.8, 4) is 0 Å². The molecule has 2 aliphatic rings. The van der Waals surface area contributed by atoms with Crippen LogP contribution in [-0.2, 0) is 16.1 Å². The molecule has 1 spiro atoms. The molecular formula is C19H30N4O3. The summed E-state index contributed by atoms with van der Waals surface area (Å²) in [5, 5.41) is 10.3. The quantitative estimate of drug-likeness (QED) is 0.721. The van der Waals surface area contributed by atoms with Gasteiger partial charge < -0.3 is 20.5 Å². The van der Waals surface area contributed by atoms with E-state index in [2.05, 4.69) is 4.98 Å². The number of rotatable bonds is 7. The van der Waals surface area contributed by atoms with Crippen LogP contribution in [0.4, 0.5) is 0 Å². The van der Waals surface area contributed by atoms with Crippen LogP contribution in [0.5, 0.6) is 0 Å². The number of carbonyl (C=O) groups excluding carboxylic acids is 1. The number of hydrogen-bond donors (Lipinski definition) is 2. The first-order valence-electron chi connectivity index (χ1n) is 9.40. The maximum atomic E-state index is 12.6. The highest BCUT2D eigenvalue weighted by Crippen LogP contribution is 2.50. The summed E-state index contributed by atoms with van der Waals surface area (Å²) in [5.41, 5.74) is 6.48. The Morgan fingerprint density at radius 2 is 2.12 bits per heavy atom. The molecule has 1 saturated carbocycles. The summed E-state index contributed by atoms with van der Waals surface area (Å²) in [5.74, 6) is 0.143. The van der Waals surface area contributed by atoms with Crippen LogP contribution in [0.3, 0.4) is 0 Å². The van der Waals surface area contributed by atoms with E-state index in [0.29, 0.717) is 39.2 Å². The van der Waals surface area contributed by atoms with E-state index in [0.717, 1.165) is 24.9 Å². The molecule has 1 aromatic rings. The van der Waals surface area contributed by atoms with Crippen LogP contribution in [0.2, 0.25) is 0 Å². The number of ether oxygens (including phenoxy) is 1. The molecule has 3 N–H and O–H groups in total. The molecule has 1 aromatic heterocycles. The van der Waals surface area contributed by atoms with E-state index in [1.165, 1.54) is 0 Å². The Hall–Kier alpha value is -1.54. The first-order valence-corrected chi connectivity index (χ1v) is 9.40. The first kappa shape index (κ1) is 19.2. The molecule has 0 aromatic carbocycles. The summed E-state index contributed by atoms with van der Waals surface area (Å²) in [6.45, 7) is 3.51. The highest BCUT2D eigenvalue weighted by molar-refractivity contribution is 5.78. The maximum Gasteiger partial charge on any atom is 0.236 e. The number of likely N-dealkylation sites (tertiary alicyclic amines) is 1. The minimum Gasteiger partial charge on any atom is -0.392 e. The van der Waals surface area contributed by atoms with Gasteiger partial charge in [-0.2, -0.15) is 0 Å². The summed E-state index contributed by atoms with van der Waals surface area (Å²) in [7, 11) is 1.95. The number of piperidine rings is 1. The van der Waals surface area contributed by atoms with Crippen molar-refractivity contribution >= 4 is 5.91 Å². The molecular weight excluding hydrogens is 332 g/mol. The van der Waals surface area contributed by atoms with Gasteiger partial charge in [-0.3, -0.25) is 14.7 Å². The monoisotopic (exact) mass is 362 g/mol. The van der Waals surface area contributed by atoms with E-state index >= 15 is 0 Å². The zero-order chi connectivity index (χ0) is 18.6. The predicted molar refractivity (Wildman–Crippen MR) is 98.2 cm³/mol. The maximum absolute atomic E-state index is 12.6. The average Bonchev–Trinajstić information content (AvgIpc) is 2.65. The first-order chi connectivity index (χ1) is 12.5. The third-order valence-electron chi connectivity index (χ3n) is 5.83. The number of amides is 1. The lowest BCUT2D eigenvalue weighted by Crippen LogP contribution is -2.63. The summed E-state index contributed by atoms with van der Waals surface area (Å²) in [6, 6.07) is 3.93. The molecule has 2 heterocycles. The Balaban J connectivity index is 1.47. The fourth-order valence-corrected chi connectivity index (χ4v) is 4.18.